The van der Waals surface area contributed by atoms with Crippen LogP contribution in [-0.4, -0.2) is 23.5 Å². The van der Waals surface area contributed by atoms with Crippen LogP contribution in [0.25, 0.3) is 0 Å². The molecule has 2 aliphatic rings. The zero-order chi connectivity index (χ0) is 10.1. The molecular weight excluding hydrogens is 192 g/mol. The zero-order valence-electron chi connectivity index (χ0n) is 9.29. The van der Waals surface area contributed by atoms with Gasteiger partial charge in [0.25, 0.3) is 0 Å². The minimum atomic E-state index is 0.635. The van der Waals surface area contributed by atoms with Gasteiger partial charge in [0.2, 0.25) is 0 Å². The smallest absolute Gasteiger partial charge is 0.156 e. The molecule has 3 atom stereocenters. The predicted molar refractivity (Wildman–Crippen MR) is 63.8 cm³/mol. The highest BCUT2D eigenvalue weighted by Crippen LogP contribution is 2.37. The molecule has 1 saturated heterocycles. The van der Waals surface area contributed by atoms with Gasteiger partial charge in [-0.25, -0.2) is 0 Å². The molecule has 1 heterocycles. The van der Waals surface area contributed by atoms with Crippen LogP contribution in [0.5, 0.6) is 0 Å². The van der Waals surface area contributed by atoms with Crippen molar-refractivity contribution < 1.29 is 0 Å². The predicted octanol–water partition coefficient (Wildman–Crippen LogP) is 2.36. The van der Waals surface area contributed by atoms with Crippen LogP contribution >= 0.6 is 11.8 Å². The van der Waals surface area contributed by atoms with Crippen molar-refractivity contribution in [1.29, 1.82) is 0 Å². The van der Waals surface area contributed by atoms with Crippen molar-refractivity contribution in [1.82, 2.24) is 5.32 Å². The van der Waals surface area contributed by atoms with Crippen molar-refractivity contribution in [3.63, 3.8) is 0 Å². The molecule has 0 aromatic heterocycles. The summed E-state index contributed by atoms with van der Waals surface area (Å²) in [5.74, 6) is 3.71. The van der Waals surface area contributed by atoms with E-state index < -0.39 is 0 Å². The first kappa shape index (κ1) is 10.3. The average molecular weight is 212 g/mol. The van der Waals surface area contributed by atoms with Gasteiger partial charge in [0, 0.05) is 18.3 Å². The van der Waals surface area contributed by atoms with Crippen LogP contribution in [0.4, 0.5) is 0 Å². The molecule has 2 rings (SSSR count). The monoisotopic (exact) mass is 212 g/mol. The highest BCUT2D eigenvalue weighted by atomic mass is 32.2. The van der Waals surface area contributed by atoms with E-state index in [-0.39, 0.29) is 0 Å². The van der Waals surface area contributed by atoms with Crippen molar-refractivity contribution in [2.45, 2.75) is 33.2 Å². The van der Waals surface area contributed by atoms with E-state index in [1.165, 1.54) is 17.3 Å². The molecule has 2 fully saturated rings. The number of hydrogen-bond acceptors (Lipinski definition) is 2. The fourth-order valence-corrected chi connectivity index (χ4v) is 2.92. The molecule has 1 aliphatic carbocycles. The summed E-state index contributed by atoms with van der Waals surface area (Å²) in [5.41, 5.74) is 0. The van der Waals surface area contributed by atoms with E-state index in [1.807, 2.05) is 11.8 Å². The molecule has 14 heavy (non-hydrogen) atoms. The molecule has 1 aliphatic heterocycles. The summed E-state index contributed by atoms with van der Waals surface area (Å²) in [6, 6.07) is 0.635. The van der Waals surface area contributed by atoms with Crippen molar-refractivity contribution >= 4 is 16.9 Å². The number of nitrogens with zero attached hydrogens (tertiary/aromatic N) is 1. The molecule has 0 radical (unpaired) electrons. The Labute approximate surface area is 90.9 Å². The van der Waals surface area contributed by atoms with Gasteiger partial charge in [-0.2, -0.15) is 0 Å². The Hall–Kier alpha value is -0.180. The van der Waals surface area contributed by atoms with E-state index in [9.17, 15) is 0 Å². The van der Waals surface area contributed by atoms with E-state index in [2.05, 4.69) is 31.1 Å². The molecule has 3 unspecified atom stereocenters. The molecular formula is C11H20N2S. The molecule has 0 amide bonds. The first-order valence-electron chi connectivity index (χ1n) is 5.60. The summed E-state index contributed by atoms with van der Waals surface area (Å²) < 4.78 is 0. The maximum absolute atomic E-state index is 4.64. The van der Waals surface area contributed by atoms with Crippen LogP contribution in [0.3, 0.4) is 0 Å². The molecule has 0 spiro atoms. The Kier molecular flexibility index (Phi) is 3.05. The standard InChI is InChI=1S/C11H20N2S/c1-7(2)10-6-14-11(13-10)12-5-9-4-8(9)3/h7-10H,4-6H2,1-3H3,(H,12,13). The van der Waals surface area contributed by atoms with Crippen LogP contribution in [0.1, 0.15) is 27.2 Å². The Balaban J connectivity index is 1.77. The normalized spacial score (nSPS) is 39.1. The van der Waals surface area contributed by atoms with Gasteiger partial charge < -0.3 is 5.32 Å². The van der Waals surface area contributed by atoms with Gasteiger partial charge in [-0.1, -0.05) is 32.5 Å². The second-order valence-corrected chi connectivity index (χ2v) is 5.93. The first-order chi connectivity index (χ1) is 6.66. The highest BCUT2D eigenvalue weighted by Gasteiger charge is 2.32. The van der Waals surface area contributed by atoms with Gasteiger partial charge in [0.1, 0.15) is 0 Å². The highest BCUT2D eigenvalue weighted by molar-refractivity contribution is 8.14. The van der Waals surface area contributed by atoms with Gasteiger partial charge >= 0.3 is 0 Å². The van der Waals surface area contributed by atoms with Crippen molar-refractivity contribution in [3.05, 3.63) is 0 Å². The fraction of sp³-hybridized carbons (Fsp3) is 0.909. The number of aliphatic imine (C=N–C) groups is 1. The minimum absolute atomic E-state index is 0.635. The summed E-state index contributed by atoms with van der Waals surface area (Å²) in [6.45, 7) is 7.90. The van der Waals surface area contributed by atoms with Gasteiger partial charge in [0.05, 0.1) is 0 Å². The van der Waals surface area contributed by atoms with Gasteiger partial charge in [-0.05, 0) is 24.2 Å². The first-order valence-corrected chi connectivity index (χ1v) is 6.59. The fourth-order valence-electron chi connectivity index (χ4n) is 1.71. The largest absolute Gasteiger partial charge is 0.361 e. The van der Waals surface area contributed by atoms with E-state index in [0.717, 1.165) is 24.3 Å². The summed E-state index contributed by atoms with van der Waals surface area (Å²) in [5, 5.41) is 4.68. The molecule has 1 N–H and O–H groups in total. The third kappa shape index (κ3) is 2.44. The zero-order valence-corrected chi connectivity index (χ0v) is 10.1. The van der Waals surface area contributed by atoms with E-state index in [4.69, 9.17) is 0 Å². The maximum atomic E-state index is 4.64. The lowest BCUT2D eigenvalue weighted by Gasteiger charge is -2.12. The number of amidine groups is 1. The van der Waals surface area contributed by atoms with Crippen LogP contribution in [0.2, 0.25) is 0 Å². The Morgan fingerprint density at radius 3 is 2.79 bits per heavy atom. The molecule has 0 bridgehead atoms. The minimum Gasteiger partial charge on any atom is -0.361 e. The molecule has 3 heteroatoms. The molecule has 80 valence electrons. The van der Waals surface area contributed by atoms with E-state index in [1.54, 1.807) is 0 Å². The van der Waals surface area contributed by atoms with Gasteiger partial charge in [-0.3, -0.25) is 4.99 Å². The van der Waals surface area contributed by atoms with Crippen molar-refractivity contribution in [2.75, 3.05) is 12.3 Å². The second kappa shape index (κ2) is 4.13. The number of thioether (sulfide) groups is 1. The lowest BCUT2D eigenvalue weighted by molar-refractivity contribution is 0.503. The third-order valence-corrected chi connectivity index (χ3v) is 4.30. The lowest BCUT2D eigenvalue weighted by atomic mass is 10.1. The van der Waals surface area contributed by atoms with E-state index >= 15 is 0 Å². The summed E-state index contributed by atoms with van der Waals surface area (Å²) in [7, 11) is 0. The summed E-state index contributed by atoms with van der Waals surface area (Å²) >= 11 is 1.89. The van der Waals surface area contributed by atoms with Crippen LogP contribution < -0.4 is 5.32 Å². The van der Waals surface area contributed by atoms with Crippen LogP contribution in [-0.2, 0) is 0 Å². The molecule has 1 saturated carbocycles. The molecule has 2 nitrogen and oxygen atoms in total. The lowest BCUT2D eigenvalue weighted by Crippen LogP contribution is -2.31. The molecule has 0 aromatic rings. The summed E-state index contributed by atoms with van der Waals surface area (Å²) in [4.78, 5) is 4.64. The third-order valence-electron chi connectivity index (χ3n) is 3.26. The number of hydrogen-bond donors (Lipinski definition) is 1. The quantitative estimate of drug-likeness (QED) is 0.776. The number of rotatable bonds is 3. The van der Waals surface area contributed by atoms with Gasteiger partial charge in [0.15, 0.2) is 5.17 Å². The Bertz CT molecular complexity index is 237. The Morgan fingerprint density at radius 2 is 2.29 bits per heavy atom. The molecule has 0 aromatic carbocycles. The maximum Gasteiger partial charge on any atom is 0.156 e. The van der Waals surface area contributed by atoms with Crippen molar-refractivity contribution in [3.8, 4) is 0 Å². The SMILES string of the molecule is CC(C)C1CSC(=NCC2CC2C)N1. The van der Waals surface area contributed by atoms with Gasteiger partial charge in [-0.15, -0.1) is 0 Å². The van der Waals surface area contributed by atoms with E-state index in [0.29, 0.717) is 6.04 Å². The second-order valence-electron chi connectivity index (χ2n) is 4.92. The number of nitrogens with one attached hydrogen (secondary N) is 1. The average Bonchev–Trinajstić information content (AvgIpc) is 2.68. The topological polar surface area (TPSA) is 24.4 Å². The van der Waals surface area contributed by atoms with Crippen molar-refractivity contribution in [2.24, 2.45) is 22.7 Å². The van der Waals surface area contributed by atoms with Crippen LogP contribution in [0, 0.1) is 17.8 Å². The summed E-state index contributed by atoms with van der Waals surface area (Å²) in [6.07, 6.45) is 1.38. The van der Waals surface area contributed by atoms with Crippen LogP contribution in [0.15, 0.2) is 4.99 Å². The Morgan fingerprint density at radius 1 is 1.57 bits per heavy atom.